The zero-order chi connectivity index (χ0) is 12.1. The van der Waals surface area contributed by atoms with Gasteiger partial charge in [-0.1, -0.05) is 41.9 Å². The average Bonchev–Trinajstić information content (AvgIpc) is 2.77. The van der Waals surface area contributed by atoms with E-state index in [9.17, 15) is 5.11 Å². The highest BCUT2D eigenvalue weighted by atomic mass is 35.5. The molecule has 0 amide bonds. The van der Waals surface area contributed by atoms with Gasteiger partial charge in [0.1, 0.15) is 9.34 Å². The maximum absolute atomic E-state index is 9.36. The molecule has 2 rings (SSSR count). The third kappa shape index (κ3) is 3.51. The number of nitrogens with zero attached hydrogens (tertiary/aromatic N) is 1. The summed E-state index contributed by atoms with van der Waals surface area (Å²) >= 11 is 7.25. The van der Waals surface area contributed by atoms with Gasteiger partial charge in [-0.2, -0.15) is 0 Å². The van der Waals surface area contributed by atoms with Crippen LogP contribution in [0.2, 0.25) is 4.34 Å². The fourth-order valence-electron chi connectivity index (χ4n) is 1.55. The van der Waals surface area contributed by atoms with Gasteiger partial charge in [-0.15, -0.1) is 11.3 Å². The Balaban J connectivity index is 1.97. The highest BCUT2D eigenvalue weighted by molar-refractivity contribution is 7.15. The van der Waals surface area contributed by atoms with Crippen LogP contribution in [-0.4, -0.2) is 16.7 Å². The molecular weight excluding hydrogens is 256 g/mol. The first-order valence-electron chi connectivity index (χ1n) is 5.29. The summed E-state index contributed by atoms with van der Waals surface area (Å²) in [7, 11) is 0. The number of hydrogen-bond donors (Lipinski definition) is 2. The first kappa shape index (κ1) is 12.5. The minimum Gasteiger partial charge on any atom is -0.394 e. The van der Waals surface area contributed by atoms with Gasteiger partial charge >= 0.3 is 0 Å². The molecule has 0 saturated heterocycles. The summed E-state index contributed by atoms with van der Waals surface area (Å²) in [4.78, 5) is 4.16. The number of halogens is 1. The Morgan fingerprint density at radius 1 is 1.35 bits per heavy atom. The molecule has 1 heterocycles. The van der Waals surface area contributed by atoms with Gasteiger partial charge in [-0.25, -0.2) is 4.98 Å². The Morgan fingerprint density at radius 3 is 2.71 bits per heavy atom. The van der Waals surface area contributed by atoms with Crippen LogP contribution in [0, 0.1) is 0 Å². The van der Waals surface area contributed by atoms with E-state index in [1.165, 1.54) is 11.3 Å². The van der Waals surface area contributed by atoms with Crippen LogP contribution >= 0.6 is 22.9 Å². The van der Waals surface area contributed by atoms with E-state index in [1.54, 1.807) is 6.20 Å². The van der Waals surface area contributed by atoms with E-state index < -0.39 is 0 Å². The summed E-state index contributed by atoms with van der Waals surface area (Å²) in [5.74, 6) is 0. The van der Waals surface area contributed by atoms with Crippen molar-refractivity contribution in [1.29, 1.82) is 0 Å². The molecule has 17 heavy (non-hydrogen) atoms. The molecule has 1 atom stereocenters. The lowest BCUT2D eigenvalue weighted by Gasteiger charge is -2.15. The summed E-state index contributed by atoms with van der Waals surface area (Å²) in [6, 6.07) is 9.78. The van der Waals surface area contributed by atoms with E-state index in [4.69, 9.17) is 11.6 Å². The molecule has 3 nitrogen and oxygen atoms in total. The highest BCUT2D eigenvalue weighted by Crippen LogP contribution is 2.19. The van der Waals surface area contributed by atoms with Crippen LogP contribution in [0.3, 0.4) is 0 Å². The molecule has 1 aromatic heterocycles. The number of thiazole rings is 1. The molecule has 5 heteroatoms. The van der Waals surface area contributed by atoms with E-state index in [0.717, 1.165) is 10.6 Å². The monoisotopic (exact) mass is 268 g/mol. The molecule has 0 fully saturated rings. The van der Waals surface area contributed by atoms with Gasteiger partial charge in [0.2, 0.25) is 0 Å². The molecular formula is C12H13ClN2OS. The Hall–Kier alpha value is -0.940. The zero-order valence-corrected chi connectivity index (χ0v) is 10.7. The molecule has 1 aromatic carbocycles. The van der Waals surface area contributed by atoms with Crippen molar-refractivity contribution in [1.82, 2.24) is 10.3 Å². The predicted octanol–water partition coefficient (Wildman–Crippen LogP) is 2.62. The SMILES string of the molecule is OC[C@H](NCc1ncc(Cl)s1)c1ccccc1. The summed E-state index contributed by atoms with van der Waals surface area (Å²) < 4.78 is 0.682. The standard InChI is InChI=1S/C12H13ClN2OS/c13-11-6-15-12(17-11)7-14-10(8-16)9-4-2-1-3-5-9/h1-6,10,14,16H,7-8H2/t10-/m0/s1. The van der Waals surface area contributed by atoms with Gasteiger partial charge < -0.3 is 10.4 Å². The number of hydrogen-bond acceptors (Lipinski definition) is 4. The van der Waals surface area contributed by atoms with Crippen molar-refractivity contribution in [2.45, 2.75) is 12.6 Å². The molecule has 0 spiro atoms. The van der Waals surface area contributed by atoms with Crippen LogP contribution in [0.5, 0.6) is 0 Å². The Bertz CT molecular complexity index is 461. The number of aromatic nitrogens is 1. The lowest BCUT2D eigenvalue weighted by atomic mass is 10.1. The minimum atomic E-state index is -0.0705. The molecule has 90 valence electrons. The molecule has 2 aromatic rings. The zero-order valence-electron chi connectivity index (χ0n) is 9.14. The van der Waals surface area contributed by atoms with Crippen molar-refractivity contribution in [3.63, 3.8) is 0 Å². The van der Waals surface area contributed by atoms with Gasteiger partial charge in [0, 0.05) is 6.54 Å². The summed E-state index contributed by atoms with van der Waals surface area (Å²) in [6.07, 6.45) is 1.64. The highest BCUT2D eigenvalue weighted by Gasteiger charge is 2.10. The summed E-state index contributed by atoms with van der Waals surface area (Å²) in [5, 5.41) is 13.5. The maximum atomic E-state index is 9.36. The molecule has 0 saturated carbocycles. The van der Waals surface area contributed by atoms with Crippen molar-refractivity contribution in [2.24, 2.45) is 0 Å². The van der Waals surface area contributed by atoms with Crippen LogP contribution in [-0.2, 0) is 6.54 Å². The van der Waals surface area contributed by atoms with Crippen LogP contribution in [0.1, 0.15) is 16.6 Å². The third-order valence-electron chi connectivity index (χ3n) is 2.41. The fourth-order valence-corrected chi connectivity index (χ4v) is 2.46. The van der Waals surface area contributed by atoms with E-state index in [-0.39, 0.29) is 12.6 Å². The van der Waals surface area contributed by atoms with Gasteiger partial charge in [0.25, 0.3) is 0 Å². The normalized spacial score (nSPS) is 12.6. The van der Waals surface area contributed by atoms with Crippen LogP contribution in [0.15, 0.2) is 36.5 Å². The van der Waals surface area contributed by atoms with Gasteiger partial charge in [-0.3, -0.25) is 0 Å². The van der Waals surface area contributed by atoms with Crippen LogP contribution < -0.4 is 5.32 Å². The van der Waals surface area contributed by atoms with Crippen molar-refractivity contribution < 1.29 is 5.11 Å². The summed E-state index contributed by atoms with van der Waals surface area (Å²) in [6.45, 7) is 0.667. The van der Waals surface area contributed by atoms with Crippen LogP contribution in [0.4, 0.5) is 0 Å². The molecule has 2 N–H and O–H groups in total. The van der Waals surface area contributed by atoms with Crippen LogP contribution in [0.25, 0.3) is 0 Å². The fraction of sp³-hybridized carbons (Fsp3) is 0.250. The number of rotatable bonds is 5. The van der Waals surface area contributed by atoms with Crippen molar-refractivity contribution in [2.75, 3.05) is 6.61 Å². The van der Waals surface area contributed by atoms with Gasteiger partial charge in [0.05, 0.1) is 18.8 Å². The number of benzene rings is 1. The maximum Gasteiger partial charge on any atom is 0.113 e. The Labute approximate surface area is 109 Å². The first-order valence-corrected chi connectivity index (χ1v) is 6.48. The Kier molecular flexibility index (Phi) is 4.50. The molecule has 0 aliphatic carbocycles. The summed E-state index contributed by atoms with van der Waals surface area (Å²) in [5.41, 5.74) is 1.07. The second kappa shape index (κ2) is 6.12. The van der Waals surface area contributed by atoms with E-state index >= 15 is 0 Å². The van der Waals surface area contributed by atoms with Gasteiger partial charge in [-0.05, 0) is 5.56 Å². The van der Waals surface area contributed by atoms with E-state index in [2.05, 4.69) is 10.3 Å². The molecule has 0 aliphatic heterocycles. The second-order valence-corrected chi connectivity index (χ2v) is 5.33. The van der Waals surface area contributed by atoms with Gasteiger partial charge in [0.15, 0.2) is 0 Å². The second-order valence-electron chi connectivity index (χ2n) is 3.58. The number of nitrogens with one attached hydrogen (secondary N) is 1. The smallest absolute Gasteiger partial charge is 0.113 e. The number of aliphatic hydroxyl groups is 1. The predicted molar refractivity (Wildman–Crippen MR) is 70.2 cm³/mol. The number of aliphatic hydroxyl groups excluding tert-OH is 1. The molecule has 0 aliphatic rings. The van der Waals surface area contributed by atoms with Crippen molar-refractivity contribution in [3.8, 4) is 0 Å². The van der Waals surface area contributed by atoms with Crippen molar-refractivity contribution >= 4 is 22.9 Å². The lowest BCUT2D eigenvalue weighted by Crippen LogP contribution is -2.23. The quantitative estimate of drug-likeness (QED) is 0.876. The average molecular weight is 269 g/mol. The Morgan fingerprint density at radius 2 is 2.12 bits per heavy atom. The minimum absolute atomic E-state index is 0.0587. The van der Waals surface area contributed by atoms with Crippen molar-refractivity contribution in [3.05, 3.63) is 51.4 Å². The van der Waals surface area contributed by atoms with E-state index in [0.29, 0.717) is 10.9 Å². The topological polar surface area (TPSA) is 45.1 Å². The molecule has 0 radical (unpaired) electrons. The first-order chi connectivity index (χ1) is 8.29. The molecule has 0 bridgehead atoms. The third-order valence-corrected chi connectivity index (χ3v) is 3.52. The largest absolute Gasteiger partial charge is 0.394 e. The van der Waals surface area contributed by atoms with E-state index in [1.807, 2.05) is 30.3 Å². The molecule has 0 unspecified atom stereocenters. The lowest BCUT2D eigenvalue weighted by molar-refractivity contribution is 0.243.